The molecule has 5 N–H and O–H groups in total. The summed E-state index contributed by atoms with van der Waals surface area (Å²) in [5.41, 5.74) is 14.0. The average molecular weight is 1170 g/mol. The predicted octanol–water partition coefficient (Wildman–Crippen LogP) is 7.21. The number of anilines is 1. The van der Waals surface area contributed by atoms with Gasteiger partial charge in [-0.15, -0.1) is 0 Å². The standard InChI is InChI=1S/C20H19N5O5.C17H29N5O4Si.C17H31N3O4Si/c1-20(2)29-14-12(8-26)28-19(15(14)30-20)25-10-23-13-16(21-9-22-17(13)25)24-18(27)11-6-4-3-5-7-11;1-7-12-13(26-27(5,6)17(2,3)4)8-14(25-12)22-10-11(9-19-21-18)15(23)20-16(22)24;1-7-12-13(24-25(5,6)17(2,3)4)8-14(23-12)20-10-11(9-18)15(21)19-16(20)22/h3-10,12,14-15,19H,1-2H3,(H,21,22,24,27);10,12-14H,7-9H2,1-6H3,(H,20,23,24);10,12-14H,7-9,18H2,1-6H3,(H,19,21,22)/t12-,14-,15-,19-;2*12-,13+,14-/m111/s1. The zero-order valence-electron chi connectivity index (χ0n) is 49.2. The Hall–Kier alpha value is -6.31. The fourth-order valence-electron chi connectivity index (χ4n) is 9.51. The lowest BCUT2D eigenvalue weighted by Gasteiger charge is -2.39. The van der Waals surface area contributed by atoms with Gasteiger partial charge in [-0.25, -0.2) is 24.5 Å². The number of imidazole rings is 1. The van der Waals surface area contributed by atoms with Gasteiger partial charge in [0.25, 0.3) is 17.0 Å². The first kappa shape index (κ1) is 63.3. The lowest BCUT2D eigenvalue weighted by atomic mass is 10.1. The van der Waals surface area contributed by atoms with E-state index in [0.717, 1.165) is 12.8 Å². The van der Waals surface area contributed by atoms with Crippen molar-refractivity contribution in [2.75, 3.05) is 5.32 Å². The number of aromatic nitrogens is 8. The molecule has 0 aliphatic carbocycles. The summed E-state index contributed by atoms with van der Waals surface area (Å²) in [7, 11) is -3.93. The summed E-state index contributed by atoms with van der Waals surface area (Å²) < 4.78 is 47.4. The quantitative estimate of drug-likeness (QED) is 0.0264. The molecule has 10 atom stereocenters. The number of azide groups is 1. The summed E-state index contributed by atoms with van der Waals surface area (Å²) in [6.45, 7) is 29.6. The summed E-state index contributed by atoms with van der Waals surface area (Å²) in [4.78, 5) is 92.2. The zero-order valence-corrected chi connectivity index (χ0v) is 51.2. The highest BCUT2D eigenvalue weighted by molar-refractivity contribution is 6.74. The maximum atomic E-state index is 12.5. The number of carbonyl (C=O) groups excluding carboxylic acids is 2. The molecule has 26 nitrogen and oxygen atoms in total. The van der Waals surface area contributed by atoms with Gasteiger partial charge in [-0.05, 0) is 80.6 Å². The van der Waals surface area contributed by atoms with Crippen LogP contribution in [0, 0.1) is 0 Å². The number of hydrogen-bond acceptors (Lipinski definition) is 18. The minimum Gasteiger partial charge on any atom is -0.411 e. The highest BCUT2D eigenvalue weighted by Gasteiger charge is 2.56. The molecule has 8 heterocycles. The largest absolute Gasteiger partial charge is 0.411 e. The molecular weight excluding hydrogens is 1090 g/mol. The Morgan fingerprint density at radius 2 is 1.34 bits per heavy atom. The Morgan fingerprint density at radius 1 is 0.817 bits per heavy atom. The van der Waals surface area contributed by atoms with E-state index in [1.54, 1.807) is 42.7 Å². The molecule has 1 aromatic carbocycles. The summed E-state index contributed by atoms with van der Waals surface area (Å²) in [6, 6.07) is 8.80. The molecule has 5 aromatic rings. The Bertz CT molecular complexity index is 3360. The first-order chi connectivity index (χ1) is 38.5. The maximum absolute atomic E-state index is 12.5. The molecule has 4 aliphatic heterocycles. The van der Waals surface area contributed by atoms with Crippen molar-refractivity contribution in [2.45, 2.75) is 211 Å². The number of hydrogen-bond donors (Lipinski definition) is 4. The Kier molecular flexibility index (Phi) is 19.5. The molecular formula is C54H79N13O13Si2. The van der Waals surface area contributed by atoms with E-state index in [0.29, 0.717) is 41.4 Å². The number of aldehydes is 1. The van der Waals surface area contributed by atoms with Gasteiger partial charge in [0, 0.05) is 53.4 Å². The van der Waals surface area contributed by atoms with Crippen molar-refractivity contribution < 1.29 is 42.1 Å². The Labute approximate surface area is 476 Å². The van der Waals surface area contributed by atoms with Crippen LogP contribution in [-0.4, -0.2) is 116 Å². The van der Waals surface area contributed by atoms with Gasteiger partial charge in [0.05, 0.1) is 37.3 Å². The number of nitrogens with two attached hydrogens (primary N) is 1. The smallest absolute Gasteiger partial charge is 0.330 e. The SMILES string of the molecule is CC1(C)O[C@@H]2[C@H](O1)[C@@H](C=O)O[C@H]2n1cnc2c(NC(=O)c3ccccc3)ncnc21.CC[C@H]1O[C@@H](n2cc(CN)c(=O)[nH]c2=O)C[C@@H]1O[Si](C)(C)C(C)(C)C.CC[C@H]1O[C@@H](n2cc(CN=[N+]=[N-])c(=O)[nH]c2=O)C[C@@H]1O[Si](C)(C)C(C)(C)C. The number of ether oxygens (including phenoxy) is 5. The van der Waals surface area contributed by atoms with Crippen LogP contribution in [0.5, 0.6) is 0 Å². The zero-order chi connectivity index (χ0) is 60.3. The Balaban J connectivity index is 0.000000178. The number of rotatable bonds is 15. The van der Waals surface area contributed by atoms with Crippen molar-refractivity contribution >= 4 is 45.8 Å². The molecule has 9 rings (SSSR count). The van der Waals surface area contributed by atoms with E-state index in [2.05, 4.69) is 115 Å². The third kappa shape index (κ3) is 14.0. The van der Waals surface area contributed by atoms with Crippen molar-refractivity contribution in [3.05, 3.63) is 124 Å². The summed E-state index contributed by atoms with van der Waals surface area (Å²) in [5.74, 6) is -0.866. The normalized spacial score (nSPS) is 25.1. The van der Waals surface area contributed by atoms with Gasteiger partial charge in [-0.1, -0.05) is 78.7 Å². The monoisotopic (exact) mass is 1170 g/mol. The van der Waals surface area contributed by atoms with Crippen LogP contribution in [0.4, 0.5) is 5.82 Å². The number of amides is 1. The van der Waals surface area contributed by atoms with Crippen LogP contribution in [0.2, 0.25) is 36.3 Å². The summed E-state index contributed by atoms with van der Waals surface area (Å²) >= 11 is 0. The molecule has 1 amide bonds. The lowest BCUT2D eigenvalue weighted by molar-refractivity contribution is -0.194. The van der Waals surface area contributed by atoms with Crippen molar-refractivity contribution in [3.8, 4) is 0 Å². The fraction of sp³-hybridized carbons (Fsp3) is 0.611. The highest BCUT2D eigenvalue weighted by atomic mass is 28.4. The topological polar surface area (TPSA) is 339 Å². The molecule has 28 heteroatoms. The van der Waals surface area contributed by atoms with Crippen LogP contribution in [-0.2, 0) is 50.4 Å². The second kappa shape index (κ2) is 25.3. The van der Waals surface area contributed by atoms with Gasteiger partial charge in [0.15, 0.2) is 51.9 Å². The minimum atomic E-state index is -1.99. The van der Waals surface area contributed by atoms with E-state index < -0.39 is 81.9 Å². The van der Waals surface area contributed by atoms with Crippen molar-refractivity contribution in [1.29, 1.82) is 0 Å². The van der Waals surface area contributed by atoms with E-state index in [1.807, 2.05) is 13.0 Å². The van der Waals surface area contributed by atoms with E-state index >= 15 is 0 Å². The molecule has 0 spiro atoms. The van der Waals surface area contributed by atoms with Crippen LogP contribution >= 0.6 is 0 Å². The molecule has 0 saturated carbocycles. The molecule has 4 aromatic heterocycles. The first-order valence-corrected chi connectivity index (χ1v) is 33.3. The second-order valence-corrected chi connectivity index (χ2v) is 33.7. The Morgan fingerprint density at radius 3 is 1.84 bits per heavy atom. The average Bonchev–Trinajstić information content (AvgIpc) is 2.67. The third-order valence-corrected chi connectivity index (χ3v) is 25.0. The summed E-state index contributed by atoms with van der Waals surface area (Å²) in [6.07, 6.45) is 5.37. The lowest BCUT2D eigenvalue weighted by Crippen LogP contribution is -2.45. The first-order valence-electron chi connectivity index (χ1n) is 27.5. The number of carbonyl (C=O) groups is 2. The van der Waals surface area contributed by atoms with Crippen LogP contribution < -0.4 is 33.5 Å². The van der Waals surface area contributed by atoms with Crippen LogP contribution in [0.25, 0.3) is 21.6 Å². The third-order valence-electron chi connectivity index (χ3n) is 16.0. The maximum Gasteiger partial charge on any atom is 0.330 e. The van der Waals surface area contributed by atoms with Crippen molar-refractivity contribution in [1.82, 2.24) is 38.6 Å². The van der Waals surface area contributed by atoms with Gasteiger partial charge in [0.1, 0.15) is 37.1 Å². The number of nitrogens with one attached hydrogen (secondary N) is 3. The van der Waals surface area contributed by atoms with E-state index in [1.165, 1.54) is 34.2 Å². The van der Waals surface area contributed by atoms with Gasteiger partial charge < -0.3 is 48.4 Å². The van der Waals surface area contributed by atoms with Crippen molar-refractivity contribution in [2.24, 2.45) is 10.8 Å². The van der Waals surface area contributed by atoms with Crippen molar-refractivity contribution in [3.63, 3.8) is 0 Å². The number of nitrogens with zero attached hydrogens (tertiary/aromatic N) is 9. The van der Waals surface area contributed by atoms with Crippen LogP contribution in [0.1, 0.15) is 135 Å². The number of aromatic amines is 2. The fourth-order valence-corrected chi connectivity index (χ4v) is 12.2. The van der Waals surface area contributed by atoms with Gasteiger partial charge in [-0.2, -0.15) is 0 Å². The molecule has 0 bridgehead atoms. The molecule has 4 saturated heterocycles. The van der Waals surface area contributed by atoms with Gasteiger partial charge in [0.2, 0.25) is 0 Å². The van der Waals surface area contributed by atoms with Gasteiger partial charge in [-0.3, -0.25) is 38.1 Å². The molecule has 0 radical (unpaired) electrons. The van der Waals surface area contributed by atoms with E-state index in [-0.39, 0.29) is 64.9 Å². The molecule has 4 aliphatic rings. The number of benzene rings is 1. The highest BCUT2D eigenvalue weighted by Crippen LogP contribution is 2.45. The second-order valence-electron chi connectivity index (χ2n) is 24.2. The molecule has 0 unspecified atom stereocenters. The van der Waals surface area contributed by atoms with E-state index in [4.69, 9.17) is 43.8 Å². The van der Waals surface area contributed by atoms with Gasteiger partial charge >= 0.3 is 11.4 Å². The van der Waals surface area contributed by atoms with Crippen LogP contribution in [0.15, 0.2) is 79.7 Å². The molecule has 4 fully saturated rings. The van der Waals surface area contributed by atoms with E-state index in [9.17, 15) is 28.8 Å². The molecule has 82 heavy (non-hydrogen) atoms. The van der Waals surface area contributed by atoms with Crippen LogP contribution in [0.3, 0.4) is 0 Å². The number of fused-ring (bicyclic) bond motifs is 2. The predicted molar refractivity (Wildman–Crippen MR) is 309 cm³/mol. The minimum absolute atomic E-state index is 0.0592. The molecule has 446 valence electrons. The summed E-state index contributed by atoms with van der Waals surface area (Å²) in [5, 5.41) is 6.34. The number of H-pyrrole nitrogens is 2.